The minimum atomic E-state index is -4.18. The van der Waals surface area contributed by atoms with Gasteiger partial charge in [0, 0.05) is 0 Å². The number of hydrogen-bond donors (Lipinski definition) is 0. The quantitative estimate of drug-likeness (QED) is 0.681. The Labute approximate surface area is 73.8 Å². The SMILES string of the molecule is [O]Cc1ccc(CC(F)(F)F)cc1. The summed E-state index contributed by atoms with van der Waals surface area (Å²) >= 11 is 0. The monoisotopic (exact) mass is 189 g/mol. The molecule has 0 amide bonds. The Morgan fingerprint density at radius 2 is 1.46 bits per heavy atom. The van der Waals surface area contributed by atoms with Gasteiger partial charge in [0.1, 0.15) is 6.61 Å². The summed E-state index contributed by atoms with van der Waals surface area (Å²) < 4.78 is 35.6. The molecule has 1 rings (SSSR count). The average molecular weight is 189 g/mol. The van der Waals surface area contributed by atoms with Crippen LogP contribution in [0.3, 0.4) is 0 Å². The van der Waals surface area contributed by atoms with Crippen molar-refractivity contribution < 1.29 is 18.3 Å². The highest BCUT2D eigenvalue weighted by Crippen LogP contribution is 2.21. The minimum Gasteiger partial charge on any atom is -0.232 e. The van der Waals surface area contributed by atoms with E-state index in [-0.39, 0.29) is 5.56 Å². The molecule has 1 aromatic rings. The van der Waals surface area contributed by atoms with Crippen LogP contribution >= 0.6 is 0 Å². The molecule has 0 bridgehead atoms. The van der Waals surface area contributed by atoms with Crippen LogP contribution in [0.15, 0.2) is 24.3 Å². The number of rotatable bonds is 2. The zero-order valence-electron chi connectivity index (χ0n) is 6.77. The van der Waals surface area contributed by atoms with E-state index < -0.39 is 19.2 Å². The molecule has 0 unspecified atom stereocenters. The molecule has 1 nitrogen and oxygen atoms in total. The van der Waals surface area contributed by atoms with Gasteiger partial charge in [-0.15, -0.1) is 0 Å². The maximum absolute atomic E-state index is 11.9. The normalized spacial score (nSPS) is 11.7. The van der Waals surface area contributed by atoms with E-state index in [0.717, 1.165) is 0 Å². The molecule has 0 fully saturated rings. The fourth-order valence-corrected chi connectivity index (χ4v) is 0.985. The smallest absolute Gasteiger partial charge is 0.232 e. The molecule has 71 valence electrons. The maximum atomic E-state index is 11.9. The Kier molecular flexibility index (Phi) is 2.93. The topological polar surface area (TPSA) is 19.9 Å². The fraction of sp³-hybridized carbons (Fsp3) is 0.333. The summed E-state index contributed by atoms with van der Waals surface area (Å²) in [7, 11) is 0. The molecule has 0 aliphatic carbocycles. The van der Waals surface area contributed by atoms with Crippen LogP contribution in [0.4, 0.5) is 13.2 Å². The van der Waals surface area contributed by atoms with Crippen molar-refractivity contribution in [1.29, 1.82) is 0 Å². The lowest BCUT2D eigenvalue weighted by Crippen LogP contribution is -2.11. The Morgan fingerprint density at radius 3 is 1.85 bits per heavy atom. The third-order valence-electron chi connectivity index (χ3n) is 1.59. The second-order valence-corrected chi connectivity index (χ2v) is 2.75. The Bertz CT molecular complexity index is 263. The first-order valence-electron chi connectivity index (χ1n) is 3.74. The van der Waals surface area contributed by atoms with Gasteiger partial charge in [0.25, 0.3) is 0 Å². The van der Waals surface area contributed by atoms with Crippen LogP contribution in [0.5, 0.6) is 0 Å². The molecule has 1 aromatic carbocycles. The van der Waals surface area contributed by atoms with Gasteiger partial charge in [0.05, 0.1) is 6.42 Å². The highest BCUT2D eigenvalue weighted by molar-refractivity contribution is 5.22. The van der Waals surface area contributed by atoms with E-state index in [9.17, 15) is 18.3 Å². The molecule has 0 aliphatic rings. The van der Waals surface area contributed by atoms with Gasteiger partial charge in [-0.05, 0) is 11.1 Å². The van der Waals surface area contributed by atoms with Crippen molar-refractivity contribution in [3.05, 3.63) is 35.4 Å². The Morgan fingerprint density at radius 1 is 1.00 bits per heavy atom. The second-order valence-electron chi connectivity index (χ2n) is 2.75. The molecule has 0 aromatic heterocycles. The van der Waals surface area contributed by atoms with Crippen LogP contribution in [0.2, 0.25) is 0 Å². The van der Waals surface area contributed by atoms with Crippen LogP contribution in [-0.2, 0) is 18.1 Å². The number of hydrogen-bond acceptors (Lipinski definition) is 0. The lowest BCUT2D eigenvalue weighted by atomic mass is 10.1. The number of halogens is 3. The van der Waals surface area contributed by atoms with E-state index in [1.807, 2.05) is 0 Å². The Balaban J connectivity index is 2.70. The molecule has 1 radical (unpaired) electrons. The highest BCUT2D eigenvalue weighted by Gasteiger charge is 2.27. The van der Waals surface area contributed by atoms with Gasteiger partial charge >= 0.3 is 6.18 Å². The van der Waals surface area contributed by atoms with Crippen molar-refractivity contribution in [2.45, 2.75) is 19.2 Å². The minimum absolute atomic E-state index is 0.185. The molecule has 0 atom stereocenters. The van der Waals surface area contributed by atoms with E-state index in [0.29, 0.717) is 5.56 Å². The van der Waals surface area contributed by atoms with Gasteiger partial charge in [-0.2, -0.15) is 13.2 Å². The summed E-state index contributed by atoms with van der Waals surface area (Å²) in [6.07, 6.45) is -5.12. The molecule has 0 aliphatic heterocycles. The van der Waals surface area contributed by atoms with E-state index >= 15 is 0 Å². The second kappa shape index (κ2) is 3.79. The predicted octanol–water partition coefficient (Wildman–Crippen LogP) is 2.72. The first kappa shape index (κ1) is 10.1. The molecule has 0 N–H and O–H groups in total. The summed E-state index contributed by atoms with van der Waals surface area (Å²) in [6, 6.07) is 5.52. The van der Waals surface area contributed by atoms with Gasteiger partial charge in [-0.3, -0.25) is 0 Å². The standard InChI is InChI=1S/C9H8F3O/c10-9(11,12)5-7-1-3-8(6-13)4-2-7/h1-4H,5-6H2. The van der Waals surface area contributed by atoms with E-state index in [1.165, 1.54) is 24.3 Å². The maximum Gasteiger partial charge on any atom is 0.393 e. The summed E-state index contributed by atoms with van der Waals surface area (Å²) in [4.78, 5) is 0. The summed E-state index contributed by atoms with van der Waals surface area (Å²) in [5, 5.41) is 10.3. The highest BCUT2D eigenvalue weighted by atomic mass is 19.4. The van der Waals surface area contributed by atoms with Crippen LogP contribution in [0, 0.1) is 0 Å². The summed E-state index contributed by atoms with van der Waals surface area (Å²) in [5.74, 6) is 0. The van der Waals surface area contributed by atoms with E-state index in [4.69, 9.17) is 0 Å². The zero-order chi connectivity index (χ0) is 9.90. The predicted molar refractivity (Wildman–Crippen MR) is 40.6 cm³/mol. The first-order chi connectivity index (χ1) is 6.01. The first-order valence-corrected chi connectivity index (χ1v) is 3.74. The van der Waals surface area contributed by atoms with Crippen LogP contribution in [0.1, 0.15) is 11.1 Å². The van der Waals surface area contributed by atoms with Crippen molar-refractivity contribution in [2.75, 3.05) is 0 Å². The van der Waals surface area contributed by atoms with Crippen molar-refractivity contribution in [1.82, 2.24) is 0 Å². The zero-order valence-corrected chi connectivity index (χ0v) is 6.77. The van der Waals surface area contributed by atoms with Crippen LogP contribution in [0.25, 0.3) is 0 Å². The van der Waals surface area contributed by atoms with Gasteiger partial charge < -0.3 is 0 Å². The molecular weight excluding hydrogens is 181 g/mol. The molecular formula is C9H8F3O. The summed E-state index contributed by atoms with van der Waals surface area (Å²) in [6.45, 7) is -0.397. The number of alkyl halides is 3. The third kappa shape index (κ3) is 3.46. The fourth-order valence-electron chi connectivity index (χ4n) is 0.985. The van der Waals surface area contributed by atoms with Gasteiger partial charge in [-0.1, -0.05) is 24.3 Å². The lowest BCUT2D eigenvalue weighted by molar-refractivity contribution is -0.127. The van der Waals surface area contributed by atoms with Gasteiger partial charge in [0.2, 0.25) is 0 Å². The molecule has 0 saturated heterocycles. The molecule has 0 heterocycles. The van der Waals surface area contributed by atoms with E-state index in [1.54, 1.807) is 0 Å². The lowest BCUT2D eigenvalue weighted by Gasteiger charge is -2.05. The van der Waals surface area contributed by atoms with Gasteiger partial charge in [-0.25, -0.2) is 5.11 Å². The van der Waals surface area contributed by atoms with Gasteiger partial charge in [0.15, 0.2) is 0 Å². The van der Waals surface area contributed by atoms with Crippen molar-refractivity contribution in [2.24, 2.45) is 0 Å². The molecule has 13 heavy (non-hydrogen) atoms. The molecule has 4 heteroatoms. The molecule has 0 saturated carbocycles. The van der Waals surface area contributed by atoms with Crippen molar-refractivity contribution in [3.63, 3.8) is 0 Å². The number of benzene rings is 1. The van der Waals surface area contributed by atoms with Crippen LogP contribution in [-0.4, -0.2) is 6.18 Å². The largest absolute Gasteiger partial charge is 0.393 e. The van der Waals surface area contributed by atoms with E-state index in [2.05, 4.69) is 0 Å². The molecule has 0 spiro atoms. The van der Waals surface area contributed by atoms with Crippen molar-refractivity contribution >= 4 is 0 Å². The van der Waals surface area contributed by atoms with Crippen LogP contribution < -0.4 is 0 Å². The third-order valence-corrected chi connectivity index (χ3v) is 1.59. The average Bonchev–Trinajstić information content (AvgIpc) is 2.03. The van der Waals surface area contributed by atoms with Crippen molar-refractivity contribution in [3.8, 4) is 0 Å². The Hall–Kier alpha value is -1.03. The summed E-state index contributed by atoms with van der Waals surface area (Å²) in [5.41, 5.74) is 0.690.